The summed E-state index contributed by atoms with van der Waals surface area (Å²) in [7, 11) is 1.57. The Labute approximate surface area is 162 Å². The fraction of sp³-hybridized carbons (Fsp3) is 0.0870. The van der Waals surface area contributed by atoms with Gasteiger partial charge in [0.15, 0.2) is 0 Å². The van der Waals surface area contributed by atoms with Gasteiger partial charge in [-0.25, -0.2) is 0 Å². The second-order valence-corrected chi connectivity index (χ2v) is 6.36. The first kappa shape index (κ1) is 17.7. The minimum Gasteiger partial charge on any atom is -0.495 e. The number of para-hydroxylation sites is 2. The van der Waals surface area contributed by atoms with Gasteiger partial charge in [0.1, 0.15) is 23.8 Å². The molecule has 0 aliphatic rings. The largest absolute Gasteiger partial charge is 0.495 e. The van der Waals surface area contributed by atoms with E-state index in [4.69, 9.17) is 9.47 Å². The number of amides is 1. The van der Waals surface area contributed by atoms with Gasteiger partial charge >= 0.3 is 0 Å². The molecule has 4 rings (SSSR count). The van der Waals surface area contributed by atoms with Crippen LogP contribution in [-0.4, -0.2) is 18.0 Å². The molecule has 5 nitrogen and oxygen atoms in total. The lowest BCUT2D eigenvalue weighted by atomic mass is 10.2. The number of aromatic amines is 1. The molecule has 1 amide bonds. The van der Waals surface area contributed by atoms with Crippen LogP contribution in [0, 0.1) is 0 Å². The van der Waals surface area contributed by atoms with Crippen LogP contribution in [0.5, 0.6) is 11.5 Å². The lowest BCUT2D eigenvalue weighted by molar-refractivity contribution is 0.102. The zero-order valence-electron chi connectivity index (χ0n) is 15.4. The standard InChI is InChI=1S/C23H20N2O3/c1-27-22-10-6-5-9-19(22)25-23(26)21-13-17-11-12-18(14-20(17)24-21)28-15-16-7-3-2-4-8-16/h2-14,24H,15H2,1H3,(H,25,26). The van der Waals surface area contributed by atoms with Crippen molar-refractivity contribution in [2.45, 2.75) is 6.61 Å². The van der Waals surface area contributed by atoms with Crippen LogP contribution in [0.3, 0.4) is 0 Å². The average molecular weight is 372 g/mol. The second kappa shape index (κ2) is 7.88. The number of carbonyl (C=O) groups excluding carboxylic acids is 1. The molecule has 0 aliphatic heterocycles. The summed E-state index contributed by atoms with van der Waals surface area (Å²) in [6.07, 6.45) is 0. The summed E-state index contributed by atoms with van der Waals surface area (Å²) in [5, 5.41) is 3.82. The third kappa shape index (κ3) is 3.83. The number of aromatic nitrogens is 1. The molecular weight excluding hydrogens is 352 g/mol. The van der Waals surface area contributed by atoms with E-state index in [-0.39, 0.29) is 5.91 Å². The minimum absolute atomic E-state index is 0.229. The first-order chi connectivity index (χ1) is 13.7. The van der Waals surface area contributed by atoms with Crippen molar-refractivity contribution in [3.05, 3.63) is 90.1 Å². The number of H-pyrrole nitrogens is 1. The molecule has 4 aromatic rings. The first-order valence-electron chi connectivity index (χ1n) is 8.97. The molecule has 1 aromatic heterocycles. The Morgan fingerprint density at radius 2 is 1.75 bits per heavy atom. The van der Waals surface area contributed by atoms with Crippen LogP contribution >= 0.6 is 0 Å². The van der Waals surface area contributed by atoms with E-state index < -0.39 is 0 Å². The SMILES string of the molecule is COc1ccccc1NC(=O)c1cc2ccc(OCc3ccccc3)cc2[nH]1. The van der Waals surface area contributed by atoms with Crippen molar-refractivity contribution in [3.63, 3.8) is 0 Å². The lowest BCUT2D eigenvalue weighted by Gasteiger charge is -2.08. The topological polar surface area (TPSA) is 63.4 Å². The zero-order chi connectivity index (χ0) is 19.3. The molecule has 0 atom stereocenters. The number of ether oxygens (including phenoxy) is 2. The molecular formula is C23H20N2O3. The van der Waals surface area contributed by atoms with Gasteiger partial charge in [0.2, 0.25) is 0 Å². The van der Waals surface area contributed by atoms with Crippen LogP contribution in [0.15, 0.2) is 78.9 Å². The van der Waals surface area contributed by atoms with E-state index in [1.165, 1.54) is 0 Å². The van der Waals surface area contributed by atoms with Crippen LogP contribution in [-0.2, 0) is 6.61 Å². The number of benzene rings is 3. The molecule has 3 aromatic carbocycles. The van der Waals surface area contributed by atoms with Gasteiger partial charge in [-0.05, 0) is 35.9 Å². The average Bonchev–Trinajstić information content (AvgIpc) is 3.17. The number of rotatable bonds is 6. The number of nitrogens with one attached hydrogen (secondary N) is 2. The summed E-state index contributed by atoms with van der Waals surface area (Å²) in [6.45, 7) is 0.494. The van der Waals surface area contributed by atoms with Crippen LogP contribution < -0.4 is 14.8 Å². The van der Waals surface area contributed by atoms with Crippen molar-refractivity contribution in [1.29, 1.82) is 0 Å². The number of anilines is 1. The highest BCUT2D eigenvalue weighted by Crippen LogP contribution is 2.25. The number of hydrogen-bond donors (Lipinski definition) is 2. The van der Waals surface area contributed by atoms with Crippen molar-refractivity contribution in [2.24, 2.45) is 0 Å². The van der Waals surface area contributed by atoms with E-state index in [1.807, 2.05) is 66.7 Å². The summed E-state index contributed by atoms with van der Waals surface area (Å²) < 4.78 is 11.1. The maximum absolute atomic E-state index is 12.6. The van der Waals surface area contributed by atoms with Gasteiger partial charge in [-0.3, -0.25) is 4.79 Å². The first-order valence-corrected chi connectivity index (χ1v) is 8.97. The minimum atomic E-state index is -0.229. The Hall–Kier alpha value is -3.73. The summed E-state index contributed by atoms with van der Waals surface area (Å²) in [6, 6.07) is 24.9. The maximum atomic E-state index is 12.6. The Balaban J connectivity index is 1.50. The van der Waals surface area contributed by atoms with E-state index in [0.29, 0.717) is 23.7 Å². The van der Waals surface area contributed by atoms with Crippen molar-refractivity contribution in [1.82, 2.24) is 4.98 Å². The monoisotopic (exact) mass is 372 g/mol. The van der Waals surface area contributed by atoms with Gasteiger partial charge in [-0.2, -0.15) is 0 Å². The van der Waals surface area contributed by atoms with Crippen LogP contribution in [0.1, 0.15) is 16.1 Å². The van der Waals surface area contributed by atoms with Gasteiger partial charge in [0.25, 0.3) is 5.91 Å². The summed E-state index contributed by atoms with van der Waals surface area (Å²) in [5.74, 6) is 1.13. The Kier molecular flexibility index (Phi) is 4.97. The van der Waals surface area contributed by atoms with Crippen molar-refractivity contribution in [3.8, 4) is 11.5 Å². The van der Waals surface area contributed by atoms with Crippen LogP contribution in [0.2, 0.25) is 0 Å². The van der Waals surface area contributed by atoms with Crippen LogP contribution in [0.4, 0.5) is 5.69 Å². The van der Waals surface area contributed by atoms with Gasteiger partial charge in [0, 0.05) is 17.0 Å². The molecule has 0 saturated carbocycles. The predicted octanol–water partition coefficient (Wildman–Crippen LogP) is 5.01. The van der Waals surface area contributed by atoms with Crippen molar-refractivity contribution >= 4 is 22.5 Å². The highest BCUT2D eigenvalue weighted by Gasteiger charge is 2.12. The fourth-order valence-corrected chi connectivity index (χ4v) is 3.00. The normalized spacial score (nSPS) is 10.6. The summed E-state index contributed by atoms with van der Waals surface area (Å²) >= 11 is 0. The molecule has 0 unspecified atom stereocenters. The molecule has 140 valence electrons. The van der Waals surface area contributed by atoms with E-state index in [1.54, 1.807) is 19.2 Å². The van der Waals surface area contributed by atoms with Gasteiger partial charge in [-0.1, -0.05) is 42.5 Å². The van der Waals surface area contributed by atoms with Crippen LogP contribution in [0.25, 0.3) is 10.9 Å². The molecule has 0 saturated heterocycles. The van der Waals surface area contributed by atoms with E-state index in [2.05, 4.69) is 10.3 Å². The Bertz CT molecular complexity index is 1100. The Morgan fingerprint density at radius 1 is 0.964 bits per heavy atom. The van der Waals surface area contributed by atoms with E-state index in [0.717, 1.165) is 22.2 Å². The van der Waals surface area contributed by atoms with Crippen molar-refractivity contribution < 1.29 is 14.3 Å². The third-order valence-electron chi connectivity index (χ3n) is 4.44. The molecule has 1 heterocycles. The van der Waals surface area contributed by atoms with Gasteiger partial charge < -0.3 is 19.8 Å². The Morgan fingerprint density at radius 3 is 2.57 bits per heavy atom. The quantitative estimate of drug-likeness (QED) is 0.500. The van der Waals surface area contributed by atoms with E-state index in [9.17, 15) is 4.79 Å². The van der Waals surface area contributed by atoms with E-state index >= 15 is 0 Å². The molecule has 0 bridgehead atoms. The molecule has 0 spiro atoms. The van der Waals surface area contributed by atoms with Crippen molar-refractivity contribution in [2.75, 3.05) is 12.4 Å². The lowest BCUT2D eigenvalue weighted by Crippen LogP contribution is -2.12. The highest BCUT2D eigenvalue weighted by atomic mass is 16.5. The van der Waals surface area contributed by atoms with Gasteiger partial charge in [0.05, 0.1) is 12.8 Å². The molecule has 5 heteroatoms. The summed E-state index contributed by atoms with van der Waals surface area (Å²) in [4.78, 5) is 15.8. The molecule has 0 radical (unpaired) electrons. The predicted molar refractivity (Wildman–Crippen MR) is 110 cm³/mol. The molecule has 0 aliphatic carbocycles. The number of carbonyl (C=O) groups is 1. The zero-order valence-corrected chi connectivity index (χ0v) is 15.4. The second-order valence-electron chi connectivity index (χ2n) is 6.36. The summed E-state index contributed by atoms with van der Waals surface area (Å²) in [5.41, 5.74) is 3.04. The number of fused-ring (bicyclic) bond motifs is 1. The fourth-order valence-electron chi connectivity index (χ4n) is 3.00. The third-order valence-corrected chi connectivity index (χ3v) is 4.44. The number of hydrogen-bond acceptors (Lipinski definition) is 3. The smallest absolute Gasteiger partial charge is 0.272 e. The molecule has 2 N–H and O–H groups in total. The molecule has 0 fully saturated rings. The van der Waals surface area contributed by atoms with Gasteiger partial charge in [-0.15, -0.1) is 0 Å². The highest BCUT2D eigenvalue weighted by molar-refractivity contribution is 6.06. The number of methoxy groups -OCH3 is 1. The molecule has 28 heavy (non-hydrogen) atoms. The maximum Gasteiger partial charge on any atom is 0.272 e.